The molecule has 0 unspecified atom stereocenters. The van der Waals surface area contributed by atoms with Crippen LogP contribution in [-0.2, 0) is 4.79 Å². The van der Waals surface area contributed by atoms with E-state index >= 15 is 0 Å². The molecule has 2 amide bonds. The van der Waals surface area contributed by atoms with Crippen LogP contribution < -0.4 is 5.43 Å². The molecule has 0 heterocycles. The normalized spacial score (nSPS) is 9.53. The second kappa shape index (κ2) is 5.11. The molecule has 2 N–H and O–H groups in total. The average molecular weight is 236 g/mol. The van der Waals surface area contributed by atoms with Gasteiger partial charge in [-0.15, -0.1) is 0 Å². The van der Waals surface area contributed by atoms with Crippen molar-refractivity contribution in [3.8, 4) is 0 Å². The van der Waals surface area contributed by atoms with Gasteiger partial charge in [0.15, 0.2) is 0 Å². The van der Waals surface area contributed by atoms with Crippen LogP contribution in [0.2, 0.25) is 0 Å². The number of hydrogen-bond acceptors (Lipinski definition) is 3. The molecule has 0 saturated carbocycles. The molecule has 6 heteroatoms. The van der Waals surface area contributed by atoms with Crippen molar-refractivity contribution < 1.29 is 19.5 Å². The van der Waals surface area contributed by atoms with Crippen molar-refractivity contribution in [3.63, 3.8) is 0 Å². The molecule has 0 aliphatic rings. The molecule has 0 spiro atoms. The lowest BCUT2D eigenvalue weighted by Crippen LogP contribution is -2.42. The number of nitrogens with zero attached hydrogens (tertiary/aromatic N) is 1. The molecule has 0 fully saturated rings. The van der Waals surface area contributed by atoms with Crippen molar-refractivity contribution in [1.29, 1.82) is 0 Å². The number of aromatic carboxylic acids is 1. The molecular weight excluding hydrogens is 224 g/mol. The third-order valence-corrected chi connectivity index (χ3v) is 2.14. The van der Waals surface area contributed by atoms with Gasteiger partial charge in [0.2, 0.25) is 5.91 Å². The Labute approximate surface area is 97.8 Å². The minimum atomic E-state index is -1.19. The number of carboxylic acid groups (broad SMARTS) is 1. The van der Waals surface area contributed by atoms with E-state index in [1.54, 1.807) is 6.07 Å². The zero-order valence-corrected chi connectivity index (χ0v) is 9.43. The van der Waals surface area contributed by atoms with Gasteiger partial charge in [0, 0.05) is 14.0 Å². The molecule has 0 aliphatic carbocycles. The average Bonchev–Trinajstić information content (AvgIpc) is 2.28. The van der Waals surface area contributed by atoms with Gasteiger partial charge >= 0.3 is 5.97 Å². The summed E-state index contributed by atoms with van der Waals surface area (Å²) in [6, 6.07) is 5.78. The number of benzene rings is 1. The Bertz CT molecular complexity index is 470. The molecule has 0 atom stereocenters. The fourth-order valence-electron chi connectivity index (χ4n) is 1.16. The van der Waals surface area contributed by atoms with Crippen LogP contribution in [0, 0.1) is 0 Å². The molecule has 0 radical (unpaired) electrons. The Balaban J connectivity index is 2.97. The van der Waals surface area contributed by atoms with Crippen molar-refractivity contribution in [2.24, 2.45) is 0 Å². The summed E-state index contributed by atoms with van der Waals surface area (Å²) in [6.45, 7) is 1.28. The van der Waals surface area contributed by atoms with Gasteiger partial charge in [-0.3, -0.25) is 20.0 Å². The van der Waals surface area contributed by atoms with E-state index in [1.807, 2.05) is 0 Å². The van der Waals surface area contributed by atoms with Crippen LogP contribution in [0.5, 0.6) is 0 Å². The molecule has 0 aliphatic heterocycles. The first-order valence-electron chi connectivity index (χ1n) is 4.81. The Morgan fingerprint density at radius 3 is 2.18 bits per heavy atom. The first-order valence-corrected chi connectivity index (χ1v) is 4.81. The summed E-state index contributed by atoms with van der Waals surface area (Å²) >= 11 is 0. The summed E-state index contributed by atoms with van der Waals surface area (Å²) in [5.74, 6) is -2.19. The van der Waals surface area contributed by atoms with E-state index < -0.39 is 11.9 Å². The molecule has 17 heavy (non-hydrogen) atoms. The summed E-state index contributed by atoms with van der Waals surface area (Å²) in [5, 5.41) is 9.88. The summed E-state index contributed by atoms with van der Waals surface area (Å²) < 4.78 is 0. The second-order valence-electron chi connectivity index (χ2n) is 3.37. The number of carbonyl (C=O) groups is 3. The maximum Gasteiger partial charge on any atom is 0.336 e. The Morgan fingerprint density at radius 2 is 1.71 bits per heavy atom. The van der Waals surface area contributed by atoms with Crippen LogP contribution in [0.15, 0.2) is 24.3 Å². The summed E-state index contributed by atoms with van der Waals surface area (Å²) in [6.07, 6.45) is 0. The fourth-order valence-corrected chi connectivity index (χ4v) is 1.16. The lowest BCUT2D eigenvalue weighted by molar-refractivity contribution is -0.129. The standard InChI is InChI=1S/C11H12N2O4/c1-7(14)13(2)12-10(15)8-5-3-4-6-9(8)11(16)17/h3-6H,1-2H3,(H,12,15)(H,16,17). The van der Waals surface area contributed by atoms with Gasteiger partial charge in [0.1, 0.15) is 0 Å². The van der Waals surface area contributed by atoms with Gasteiger partial charge in [-0.05, 0) is 12.1 Å². The minimum absolute atomic E-state index is 0.00750. The summed E-state index contributed by atoms with van der Waals surface area (Å²) in [4.78, 5) is 33.5. The van der Waals surface area contributed by atoms with Gasteiger partial charge in [0.05, 0.1) is 11.1 Å². The van der Waals surface area contributed by atoms with Gasteiger partial charge < -0.3 is 5.11 Å². The first-order chi connectivity index (χ1) is 7.93. The van der Waals surface area contributed by atoms with E-state index in [9.17, 15) is 14.4 Å². The maximum atomic E-state index is 11.7. The molecule has 90 valence electrons. The van der Waals surface area contributed by atoms with Crippen LogP contribution in [-0.4, -0.2) is 34.9 Å². The van der Waals surface area contributed by atoms with Crippen LogP contribution >= 0.6 is 0 Å². The van der Waals surface area contributed by atoms with Crippen molar-refractivity contribution in [1.82, 2.24) is 10.4 Å². The second-order valence-corrected chi connectivity index (χ2v) is 3.37. The van der Waals surface area contributed by atoms with E-state index in [1.165, 1.54) is 32.2 Å². The number of carboxylic acids is 1. The molecule has 1 rings (SSSR count). The van der Waals surface area contributed by atoms with Crippen molar-refractivity contribution in [3.05, 3.63) is 35.4 Å². The number of rotatable bonds is 2. The number of amides is 2. The molecule has 0 aromatic heterocycles. The topological polar surface area (TPSA) is 86.7 Å². The predicted octanol–water partition coefficient (Wildman–Crippen LogP) is 0.508. The van der Waals surface area contributed by atoms with Crippen molar-refractivity contribution in [2.75, 3.05) is 7.05 Å². The molecular formula is C11H12N2O4. The van der Waals surface area contributed by atoms with E-state index in [2.05, 4.69) is 5.43 Å². The van der Waals surface area contributed by atoms with Gasteiger partial charge in [-0.25, -0.2) is 4.79 Å². The van der Waals surface area contributed by atoms with Crippen LogP contribution in [0.4, 0.5) is 0 Å². The summed E-state index contributed by atoms with van der Waals surface area (Å²) in [5.41, 5.74) is 2.17. The third kappa shape index (κ3) is 3.04. The largest absolute Gasteiger partial charge is 0.478 e. The van der Waals surface area contributed by atoms with Crippen LogP contribution in [0.1, 0.15) is 27.6 Å². The zero-order chi connectivity index (χ0) is 13.0. The number of nitrogens with one attached hydrogen (secondary N) is 1. The highest BCUT2D eigenvalue weighted by Gasteiger charge is 2.17. The SMILES string of the molecule is CC(=O)N(C)NC(=O)c1ccccc1C(=O)O. The molecule has 6 nitrogen and oxygen atoms in total. The van der Waals surface area contributed by atoms with Gasteiger partial charge in [-0.1, -0.05) is 12.1 Å². The highest BCUT2D eigenvalue weighted by Crippen LogP contribution is 2.08. The van der Waals surface area contributed by atoms with E-state index in [4.69, 9.17) is 5.11 Å². The maximum absolute atomic E-state index is 11.7. The van der Waals surface area contributed by atoms with Gasteiger partial charge in [0.25, 0.3) is 5.91 Å². The highest BCUT2D eigenvalue weighted by molar-refractivity contribution is 6.05. The number of carbonyl (C=O) groups excluding carboxylic acids is 2. The Morgan fingerprint density at radius 1 is 1.18 bits per heavy atom. The zero-order valence-electron chi connectivity index (χ0n) is 9.43. The quantitative estimate of drug-likeness (QED) is 0.732. The Kier molecular flexibility index (Phi) is 3.82. The predicted molar refractivity (Wildman–Crippen MR) is 59.3 cm³/mol. The molecule has 0 bridgehead atoms. The number of hydrazine groups is 1. The smallest absolute Gasteiger partial charge is 0.336 e. The first kappa shape index (κ1) is 12.7. The molecule has 0 saturated heterocycles. The van der Waals surface area contributed by atoms with Gasteiger partial charge in [-0.2, -0.15) is 0 Å². The van der Waals surface area contributed by atoms with Crippen LogP contribution in [0.3, 0.4) is 0 Å². The molecule has 1 aromatic rings. The minimum Gasteiger partial charge on any atom is -0.478 e. The lowest BCUT2D eigenvalue weighted by Gasteiger charge is -2.16. The monoisotopic (exact) mass is 236 g/mol. The van der Waals surface area contributed by atoms with E-state index in [0.29, 0.717) is 0 Å². The van der Waals surface area contributed by atoms with Crippen LogP contribution in [0.25, 0.3) is 0 Å². The van der Waals surface area contributed by atoms with Crippen molar-refractivity contribution in [2.45, 2.75) is 6.92 Å². The Hall–Kier alpha value is -2.37. The highest BCUT2D eigenvalue weighted by atomic mass is 16.4. The molecule has 1 aromatic carbocycles. The lowest BCUT2D eigenvalue weighted by atomic mass is 10.1. The van der Waals surface area contributed by atoms with E-state index in [-0.39, 0.29) is 17.0 Å². The number of hydrogen-bond donors (Lipinski definition) is 2. The van der Waals surface area contributed by atoms with E-state index in [0.717, 1.165) is 5.01 Å². The van der Waals surface area contributed by atoms with Crippen molar-refractivity contribution >= 4 is 17.8 Å². The third-order valence-electron chi connectivity index (χ3n) is 2.14. The summed E-state index contributed by atoms with van der Waals surface area (Å²) in [7, 11) is 1.38. The fraction of sp³-hybridized carbons (Fsp3) is 0.182.